The minimum Gasteiger partial charge on any atom is -0.454 e. The van der Waals surface area contributed by atoms with Crippen molar-refractivity contribution in [2.75, 3.05) is 26.4 Å². The molecule has 2 aliphatic heterocycles. The number of ether oxygens (including phenoxy) is 2. The molecule has 0 spiro atoms. The fraction of sp³-hybridized carbons (Fsp3) is 0.409. The number of carbonyl (C=O) groups excluding carboxylic acids is 1. The van der Waals surface area contributed by atoms with E-state index < -0.39 is 0 Å². The van der Waals surface area contributed by atoms with Gasteiger partial charge in [-0.25, -0.2) is 0 Å². The van der Waals surface area contributed by atoms with Gasteiger partial charge in [0.2, 0.25) is 6.79 Å². The number of carbonyl (C=O) groups is 1. The molecule has 148 valence electrons. The highest BCUT2D eigenvalue weighted by molar-refractivity contribution is 6.33. The molecule has 28 heavy (non-hydrogen) atoms. The topological polar surface area (TPSA) is 43.2 Å². The monoisotopic (exact) mass is 401 g/mol. The van der Waals surface area contributed by atoms with Crippen LogP contribution in [0.4, 0.5) is 0 Å². The summed E-state index contributed by atoms with van der Waals surface area (Å²) < 4.78 is 10.9. The van der Waals surface area contributed by atoms with Gasteiger partial charge in [-0.2, -0.15) is 0 Å². The predicted molar refractivity (Wildman–Crippen MR) is 108 cm³/mol. The fourth-order valence-corrected chi connectivity index (χ4v) is 4.44. The maximum Gasteiger partial charge on any atom is 0.255 e. The van der Waals surface area contributed by atoms with Gasteiger partial charge in [0.25, 0.3) is 5.91 Å². The molecule has 0 bridgehead atoms. The fourth-order valence-electron chi connectivity index (χ4n) is 4.22. The van der Waals surface area contributed by atoms with Crippen LogP contribution in [0.5, 0.6) is 11.5 Å². The van der Waals surface area contributed by atoms with Gasteiger partial charge in [-0.15, -0.1) is 0 Å². The van der Waals surface area contributed by atoms with Crippen molar-refractivity contribution in [3.05, 3.63) is 58.6 Å². The summed E-state index contributed by atoms with van der Waals surface area (Å²) in [5.74, 6) is 1.47. The van der Waals surface area contributed by atoms with Crippen LogP contribution in [0, 0.1) is 0 Å². The third kappa shape index (κ3) is 3.96. The van der Waals surface area contributed by atoms with Crippen LogP contribution >= 0.6 is 11.6 Å². The zero-order valence-electron chi connectivity index (χ0n) is 16.1. The second-order valence-corrected chi connectivity index (χ2v) is 7.86. The van der Waals surface area contributed by atoms with E-state index >= 15 is 0 Å². The van der Waals surface area contributed by atoms with E-state index in [0.29, 0.717) is 23.2 Å². The molecule has 0 aromatic heterocycles. The van der Waals surface area contributed by atoms with E-state index in [-0.39, 0.29) is 12.7 Å². The van der Waals surface area contributed by atoms with Crippen LogP contribution in [-0.4, -0.2) is 43.3 Å². The van der Waals surface area contributed by atoms with E-state index in [9.17, 15) is 4.79 Å². The van der Waals surface area contributed by atoms with Crippen molar-refractivity contribution < 1.29 is 19.2 Å². The lowest BCUT2D eigenvalue weighted by Crippen LogP contribution is -3.14. The van der Waals surface area contributed by atoms with E-state index in [1.54, 1.807) is 17.0 Å². The lowest BCUT2D eigenvalue weighted by molar-refractivity contribution is -0.909. The molecule has 1 unspecified atom stereocenters. The summed E-state index contributed by atoms with van der Waals surface area (Å²) in [4.78, 5) is 16.9. The second-order valence-electron chi connectivity index (χ2n) is 7.45. The number of likely N-dealkylation sites (tertiary alicyclic amines) is 1. The largest absolute Gasteiger partial charge is 0.454 e. The minimum absolute atomic E-state index is 0.0226. The Kier molecular flexibility index (Phi) is 5.74. The van der Waals surface area contributed by atoms with Crippen LogP contribution in [0.3, 0.4) is 0 Å². The van der Waals surface area contributed by atoms with Crippen LogP contribution in [-0.2, 0) is 6.54 Å². The Morgan fingerprint density at radius 1 is 1.21 bits per heavy atom. The normalized spacial score (nSPS) is 20.4. The van der Waals surface area contributed by atoms with E-state index in [4.69, 9.17) is 21.1 Å². The highest BCUT2D eigenvalue weighted by Gasteiger charge is 2.31. The zero-order valence-corrected chi connectivity index (χ0v) is 16.9. The molecule has 1 N–H and O–H groups in total. The number of hydrogen-bond acceptors (Lipinski definition) is 3. The molecule has 1 fully saturated rings. The van der Waals surface area contributed by atoms with E-state index in [2.05, 4.69) is 6.92 Å². The van der Waals surface area contributed by atoms with E-state index in [1.165, 1.54) is 13.0 Å². The van der Waals surface area contributed by atoms with Gasteiger partial charge in [0.05, 0.1) is 30.2 Å². The van der Waals surface area contributed by atoms with Crippen molar-refractivity contribution in [1.82, 2.24) is 4.90 Å². The van der Waals surface area contributed by atoms with E-state index in [0.717, 1.165) is 36.6 Å². The van der Waals surface area contributed by atoms with Crippen LogP contribution in [0.1, 0.15) is 35.7 Å². The van der Waals surface area contributed by atoms with E-state index in [1.807, 2.05) is 35.2 Å². The van der Waals surface area contributed by atoms with Crippen LogP contribution in [0.15, 0.2) is 42.5 Å². The molecule has 6 heteroatoms. The first-order valence-electron chi connectivity index (χ1n) is 9.92. The number of nitrogens with one attached hydrogen (secondary N) is 1. The average Bonchev–Trinajstić information content (AvgIpc) is 3.35. The van der Waals surface area contributed by atoms with Crippen molar-refractivity contribution in [3.8, 4) is 11.5 Å². The molecule has 0 aliphatic carbocycles. The highest BCUT2D eigenvalue weighted by Crippen LogP contribution is 2.33. The minimum atomic E-state index is -0.0226. The number of fused-ring (bicyclic) bond motifs is 1. The molecule has 0 radical (unpaired) electrons. The van der Waals surface area contributed by atoms with Gasteiger partial charge in [0.1, 0.15) is 6.04 Å². The molecular formula is C22H26ClN2O3+. The zero-order chi connectivity index (χ0) is 19.5. The molecule has 2 aromatic rings. The van der Waals surface area contributed by atoms with Crippen molar-refractivity contribution in [1.29, 1.82) is 0 Å². The lowest BCUT2D eigenvalue weighted by Gasteiger charge is -2.29. The quantitative estimate of drug-likeness (QED) is 0.809. The number of likely N-dealkylation sites (N-methyl/N-ethyl adjacent to an activating group) is 1. The summed E-state index contributed by atoms with van der Waals surface area (Å²) in [6.45, 7) is 5.97. The Morgan fingerprint density at radius 2 is 2.04 bits per heavy atom. The number of rotatable bonds is 6. The van der Waals surface area contributed by atoms with Crippen molar-refractivity contribution in [2.45, 2.75) is 32.4 Å². The first-order valence-corrected chi connectivity index (χ1v) is 10.3. The molecule has 1 saturated heterocycles. The molecule has 1 amide bonds. The Bertz CT molecular complexity index is 857. The van der Waals surface area contributed by atoms with Crippen LogP contribution < -0.4 is 14.4 Å². The molecule has 5 nitrogen and oxygen atoms in total. The number of nitrogens with zero attached hydrogens (tertiary/aromatic N) is 1. The molecule has 2 aliphatic rings. The molecule has 2 aromatic carbocycles. The van der Waals surface area contributed by atoms with Gasteiger partial charge < -0.3 is 19.3 Å². The number of quaternary nitrogens is 1. The Morgan fingerprint density at radius 3 is 2.86 bits per heavy atom. The smallest absolute Gasteiger partial charge is 0.255 e. The van der Waals surface area contributed by atoms with Crippen molar-refractivity contribution in [3.63, 3.8) is 0 Å². The predicted octanol–water partition coefficient (Wildman–Crippen LogP) is 2.78. The number of amides is 1. The summed E-state index contributed by atoms with van der Waals surface area (Å²) >= 11 is 6.33. The summed E-state index contributed by atoms with van der Waals surface area (Å²) in [6.07, 6.45) is 2.36. The van der Waals surface area contributed by atoms with Gasteiger partial charge in [-0.3, -0.25) is 4.79 Å². The van der Waals surface area contributed by atoms with Gasteiger partial charge in [0, 0.05) is 19.4 Å². The molecule has 4 rings (SSSR count). The number of hydrogen-bond donors (Lipinski definition) is 1. The second kappa shape index (κ2) is 8.41. The SMILES string of the molecule is CC[NH+]1CCC[C@@H]1CN(Cc1ccc2c(c1)OCO2)C(=O)c1ccccc1Cl. The molecule has 0 saturated carbocycles. The first kappa shape index (κ1) is 19.1. The van der Waals surface area contributed by atoms with Gasteiger partial charge in [-0.05, 0) is 36.8 Å². The van der Waals surface area contributed by atoms with Gasteiger partial charge in [-0.1, -0.05) is 29.8 Å². The summed E-state index contributed by atoms with van der Waals surface area (Å²) in [7, 11) is 0. The maximum atomic E-state index is 13.4. The third-order valence-electron chi connectivity index (χ3n) is 5.72. The number of benzene rings is 2. The Balaban J connectivity index is 1.59. The maximum absolute atomic E-state index is 13.4. The highest BCUT2D eigenvalue weighted by atomic mass is 35.5. The van der Waals surface area contributed by atoms with Crippen LogP contribution in [0.2, 0.25) is 5.02 Å². The summed E-state index contributed by atoms with van der Waals surface area (Å²) in [5, 5.41) is 0.495. The molecule has 2 heterocycles. The summed E-state index contributed by atoms with van der Waals surface area (Å²) in [6, 6.07) is 13.6. The Hall–Kier alpha value is -2.24. The number of halogens is 1. The molecular weight excluding hydrogens is 376 g/mol. The average molecular weight is 402 g/mol. The lowest BCUT2D eigenvalue weighted by atomic mass is 10.1. The van der Waals surface area contributed by atoms with Crippen molar-refractivity contribution in [2.24, 2.45) is 0 Å². The first-order chi connectivity index (χ1) is 13.7. The van der Waals surface area contributed by atoms with Crippen molar-refractivity contribution >= 4 is 17.5 Å². The molecule has 2 atom stereocenters. The van der Waals surface area contributed by atoms with Crippen LogP contribution in [0.25, 0.3) is 0 Å². The van der Waals surface area contributed by atoms with Gasteiger partial charge >= 0.3 is 0 Å². The standard InChI is InChI=1S/C22H25ClN2O3/c1-2-24-11-5-6-17(24)14-25(22(26)18-7-3-4-8-19(18)23)13-16-9-10-20-21(12-16)28-15-27-20/h3-4,7-10,12,17H,2,5-6,11,13-15H2,1H3/p+1/t17-/m1/s1. The van der Waals surface area contributed by atoms with Gasteiger partial charge in [0.15, 0.2) is 11.5 Å². The Labute approximate surface area is 170 Å². The summed E-state index contributed by atoms with van der Waals surface area (Å²) in [5.41, 5.74) is 1.58. The third-order valence-corrected chi connectivity index (χ3v) is 6.05.